The van der Waals surface area contributed by atoms with E-state index in [-0.39, 0.29) is 11.3 Å². The number of aliphatic hydroxyl groups is 1. The Hall–Kier alpha value is -2.27. The number of benzene rings is 2. The van der Waals surface area contributed by atoms with Crippen molar-refractivity contribution in [3.63, 3.8) is 0 Å². The van der Waals surface area contributed by atoms with Crippen LogP contribution >= 0.6 is 0 Å². The summed E-state index contributed by atoms with van der Waals surface area (Å²) >= 11 is 0. The van der Waals surface area contributed by atoms with E-state index in [1.54, 1.807) is 18.2 Å². The van der Waals surface area contributed by atoms with E-state index < -0.39 is 11.6 Å². The molecule has 0 unspecified atom stereocenters. The Labute approximate surface area is 151 Å². The summed E-state index contributed by atoms with van der Waals surface area (Å²) in [5.41, 5.74) is 1.58. The summed E-state index contributed by atoms with van der Waals surface area (Å²) in [6.07, 6.45) is 3.86. The van der Waals surface area contributed by atoms with E-state index in [0.29, 0.717) is 29.2 Å². The first-order valence-electron chi connectivity index (χ1n) is 8.91. The second kappa shape index (κ2) is 9.43. The molecule has 26 heavy (non-hydrogen) atoms. The van der Waals surface area contributed by atoms with Gasteiger partial charge in [0.05, 0.1) is 5.52 Å². The minimum Gasteiger partial charge on any atom is -0.396 e. The zero-order valence-electron chi connectivity index (χ0n) is 15.0. The van der Waals surface area contributed by atoms with E-state index in [0.717, 1.165) is 6.07 Å². The van der Waals surface area contributed by atoms with Crippen LogP contribution in [0.25, 0.3) is 22.2 Å². The minimum absolute atomic E-state index is 0.246. The smallest absolute Gasteiger partial charge is 0.150 e. The van der Waals surface area contributed by atoms with Crippen molar-refractivity contribution < 1.29 is 18.3 Å². The summed E-state index contributed by atoms with van der Waals surface area (Å²) in [5.74, 6) is -0.930. The number of hydrogen-bond donors (Lipinski definition) is 2. The molecule has 0 spiro atoms. The van der Waals surface area contributed by atoms with Crippen LogP contribution in [0.2, 0.25) is 0 Å². The van der Waals surface area contributed by atoms with Gasteiger partial charge in [0, 0.05) is 23.8 Å². The average Bonchev–Trinajstić information content (AvgIpc) is 3.01. The average molecular weight is 363 g/mol. The highest BCUT2D eigenvalue weighted by Crippen LogP contribution is 2.26. The fourth-order valence-electron chi connectivity index (χ4n) is 2.63. The van der Waals surface area contributed by atoms with Gasteiger partial charge in [0.25, 0.3) is 0 Å². The second-order valence-corrected chi connectivity index (χ2v) is 6.02. The molecule has 1 aliphatic rings. The first-order chi connectivity index (χ1) is 12.6. The summed E-state index contributed by atoms with van der Waals surface area (Å²) < 4.78 is 39.4. The fraction of sp³-hybridized carbons (Fsp3) is 0.333. The molecule has 0 amide bonds. The number of H-pyrrole nitrogens is 1. The van der Waals surface area contributed by atoms with E-state index in [2.05, 4.69) is 4.98 Å². The Balaban J connectivity index is 0.000000256. The molecule has 0 atom stereocenters. The van der Waals surface area contributed by atoms with Gasteiger partial charge in [0.2, 0.25) is 0 Å². The van der Waals surface area contributed by atoms with Gasteiger partial charge < -0.3 is 10.1 Å². The van der Waals surface area contributed by atoms with Crippen LogP contribution in [0.1, 0.15) is 33.1 Å². The van der Waals surface area contributed by atoms with Crippen LogP contribution in [0.4, 0.5) is 13.2 Å². The number of rotatable bonds is 2. The van der Waals surface area contributed by atoms with Crippen molar-refractivity contribution in [2.45, 2.75) is 33.1 Å². The molecule has 2 nitrogen and oxygen atoms in total. The van der Waals surface area contributed by atoms with Gasteiger partial charge in [-0.2, -0.15) is 0 Å². The third kappa shape index (κ3) is 4.88. The van der Waals surface area contributed by atoms with Crippen LogP contribution in [-0.4, -0.2) is 16.7 Å². The molecular formula is C21H24F3NO. The van der Waals surface area contributed by atoms with Crippen LogP contribution in [0.15, 0.2) is 42.5 Å². The lowest BCUT2D eigenvalue weighted by molar-refractivity contribution is 0.163. The molecule has 4 rings (SSSR count). The van der Waals surface area contributed by atoms with Gasteiger partial charge in [-0.15, -0.1) is 0 Å². The SMILES string of the molecule is CC.Fc1ccc(-c2cc3cc(F)cc(F)c3[nH]2)cc1.OCC1CCC1. The Bertz CT molecular complexity index is 820. The van der Waals surface area contributed by atoms with Crippen molar-refractivity contribution in [2.75, 3.05) is 6.61 Å². The Morgan fingerprint density at radius 2 is 1.62 bits per heavy atom. The van der Waals surface area contributed by atoms with Crippen molar-refractivity contribution in [3.8, 4) is 11.3 Å². The third-order valence-corrected chi connectivity index (χ3v) is 4.28. The number of hydrogen-bond acceptors (Lipinski definition) is 1. The lowest BCUT2D eigenvalue weighted by atomic mass is 9.86. The Kier molecular flexibility index (Phi) is 7.27. The second-order valence-electron chi connectivity index (χ2n) is 6.02. The molecule has 140 valence electrons. The minimum atomic E-state index is -0.640. The molecule has 0 bridgehead atoms. The molecule has 1 fully saturated rings. The van der Waals surface area contributed by atoms with Crippen molar-refractivity contribution in [2.24, 2.45) is 5.92 Å². The molecule has 1 aliphatic carbocycles. The molecule has 2 N–H and O–H groups in total. The molecule has 0 radical (unpaired) electrons. The van der Waals surface area contributed by atoms with E-state index in [1.165, 1.54) is 37.5 Å². The van der Waals surface area contributed by atoms with Gasteiger partial charge in [-0.3, -0.25) is 0 Å². The van der Waals surface area contributed by atoms with Gasteiger partial charge in [0.15, 0.2) is 0 Å². The zero-order valence-corrected chi connectivity index (χ0v) is 15.0. The zero-order chi connectivity index (χ0) is 19.1. The maximum absolute atomic E-state index is 13.5. The van der Waals surface area contributed by atoms with Crippen LogP contribution in [0.3, 0.4) is 0 Å². The first-order valence-corrected chi connectivity index (χ1v) is 8.91. The number of aromatic amines is 1. The molecule has 1 aromatic heterocycles. The standard InChI is InChI=1S/C14H8F3N.C5H10O.C2H6/c15-10-3-1-8(2-4-10)13-6-9-5-11(16)7-12(17)14(9)18-13;6-4-5-2-1-3-5;1-2/h1-7,18H;5-6H,1-4H2;1-2H3. The predicted octanol–water partition coefficient (Wildman–Crippen LogP) is 6.06. The molecule has 3 aromatic rings. The van der Waals surface area contributed by atoms with E-state index in [9.17, 15) is 13.2 Å². The Morgan fingerprint density at radius 3 is 2.12 bits per heavy atom. The molecule has 5 heteroatoms. The third-order valence-electron chi connectivity index (χ3n) is 4.28. The first kappa shape index (κ1) is 20.0. The molecule has 0 aliphatic heterocycles. The van der Waals surface area contributed by atoms with Crippen LogP contribution < -0.4 is 0 Å². The maximum atomic E-state index is 13.5. The van der Waals surface area contributed by atoms with Gasteiger partial charge in [0.1, 0.15) is 17.5 Å². The normalized spacial score (nSPS) is 13.3. The van der Waals surface area contributed by atoms with Gasteiger partial charge in [-0.1, -0.05) is 20.3 Å². The molecule has 1 heterocycles. The number of halogens is 3. The summed E-state index contributed by atoms with van der Waals surface area (Å²) in [7, 11) is 0. The number of nitrogens with one attached hydrogen (secondary N) is 1. The fourth-order valence-corrected chi connectivity index (χ4v) is 2.63. The van der Waals surface area contributed by atoms with Gasteiger partial charge in [-0.25, -0.2) is 13.2 Å². The Morgan fingerprint density at radius 1 is 0.962 bits per heavy atom. The maximum Gasteiger partial charge on any atom is 0.150 e. The lowest BCUT2D eigenvalue weighted by Gasteiger charge is -2.21. The molecule has 1 saturated carbocycles. The summed E-state index contributed by atoms with van der Waals surface area (Å²) in [5, 5.41) is 8.84. The predicted molar refractivity (Wildman–Crippen MR) is 99.4 cm³/mol. The van der Waals surface area contributed by atoms with Gasteiger partial charge >= 0.3 is 0 Å². The summed E-state index contributed by atoms with van der Waals surface area (Å²) in [6.45, 7) is 4.42. The topological polar surface area (TPSA) is 36.0 Å². The highest BCUT2D eigenvalue weighted by atomic mass is 19.1. The quantitative estimate of drug-likeness (QED) is 0.571. The van der Waals surface area contributed by atoms with E-state index in [4.69, 9.17) is 5.11 Å². The molecule has 0 saturated heterocycles. The molecule has 2 aromatic carbocycles. The van der Waals surface area contributed by atoms with Crippen molar-refractivity contribution >= 4 is 10.9 Å². The largest absolute Gasteiger partial charge is 0.396 e. The van der Waals surface area contributed by atoms with E-state index >= 15 is 0 Å². The van der Waals surface area contributed by atoms with Gasteiger partial charge in [-0.05, 0) is 60.7 Å². The summed E-state index contributed by atoms with van der Waals surface area (Å²) in [6, 6.07) is 9.50. The number of fused-ring (bicyclic) bond motifs is 1. The number of aliphatic hydroxyl groups excluding tert-OH is 1. The van der Waals surface area contributed by atoms with Crippen molar-refractivity contribution in [1.82, 2.24) is 4.98 Å². The lowest BCUT2D eigenvalue weighted by Crippen LogP contribution is -2.14. The van der Waals surface area contributed by atoms with Crippen LogP contribution in [0, 0.1) is 23.4 Å². The van der Waals surface area contributed by atoms with Crippen LogP contribution in [0.5, 0.6) is 0 Å². The summed E-state index contributed by atoms with van der Waals surface area (Å²) in [4.78, 5) is 2.86. The van der Waals surface area contributed by atoms with Crippen molar-refractivity contribution in [1.29, 1.82) is 0 Å². The highest BCUT2D eigenvalue weighted by Gasteiger charge is 2.14. The van der Waals surface area contributed by atoms with Crippen LogP contribution in [-0.2, 0) is 0 Å². The highest BCUT2D eigenvalue weighted by molar-refractivity contribution is 5.86. The van der Waals surface area contributed by atoms with Crippen molar-refractivity contribution in [3.05, 3.63) is 59.9 Å². The van der Waals surface area contributed by atoms with E-state index in [1.807, 2.05) is 13.8 Å². The number of aromatic nitrogens is 1. The molecular weight excluding hydrogens is 339 g/mol. The monoisotopic (exact) mass is 363 g/mol.